The maximum atomic E-state index is 12.1. The Balaban J connectivity index is 1.67. The van der Waals surface area contributed by atoms with Crippen LogP contribution < -0.4 is 10.1 Å². The van der Waals surface area contributed by atoms with E-state index in [0.29, 0.717) is 38.2 Å². The van der Waals surface area contributed by atoms with Gasteiger partial charge in [0.15, 0.2) is 0 Å². The lowest BCUT2D eigenvalue weighted by Crippen LogP contribution is -2.26. The molecule has 0 radical (unpaired) electrons. The van der Waals surface area contributed by atoms with Crippen LogP contribution in [0.25, 0.3) is 0 Å². The Kier molecular flexibility index (Phi) is 9.11. The number of nitrogens with one attached hydrogen (secondary N) is 1. The van der Waals surface area contributed by atoms with Gasteiger partial charge >= 0.3 is 0 Å². The van der Waals surface area contributed by atoms with Crippen LogP contribution in [0, 0.1) is 0 Å². The first-order chi connectivity index (χ1) is 13.2. The summed E-state index contributed by atoms with van der Waals surface area (Å²) in [5.74, 6) is 1.10. The van der Waals surface area contributed by atoms with Gasteiger partial charge < -0.3 is 10.1 Å². The maximum absolute atomic E-state index is 12.1. The number of unbranched alkanes of at least 4 members (excludes halogenated alkanes) is 2. The lowest BCUT2D eigenvalue weighted by Gasteiger charge is -2.09. The van der Waals surface area contributed by atoms with Crippen molar-refractivity contribution in [2.75, 3.05) is 6.54 Å². The molecule has 0 spiro atoms. The lowest BCUT2D eigenvalue weighted by molar-refractivity contribution is -0.120. The van der Waals surface area contributed by atoms with E-state index in [2.05, 4.69) is 5.32 Å². The Bertz CT molecular complexity index is 713. The standard InChI is InChI=1S/C23H29NO3/c1-2-21(25)13-7-4-8-15-24-23(26)17-20-12-9-14-22(16-20)27-18-19-10-5-3-6-11-19/h3,5-6,9-12,14,16H,2,4,7-8,13,15,17-18H2,1H3,(H,24,26). The maximum Gasteiger partial charge on any atom is 0.224 e. The zero-order chi connectivity index (χ0) is 19.3. The number of rotatable bonds is 12. The van der Waals surface area contributed by atoms with Gasteiger partial charge in [-0.25, -0.2) is 0 Å². The van der Waals surface area contributed by atoms with Crippen molar-refractivity contribution in [1.29, 1.82) is 0 Å². The van der Waals surface area contributed by atoms with Crippen molar-refractivity contribution in [2.45, 2.75) is 52.1 Å². The van der Waals surface area contributed by atoms with Crippen molar-refractivity contribution in [3.63, 3.8) is 0 Å². The van der Waals surface area contributed by atoms with E-state index < -0.39 is 0 Å². The summed E-state index contributed by atoms with van der Waals surface area (Å²) in [5.41, 5.74) is 2.05. The van der Waals surface area contributed by atoms with E-state index in [0.717, 1.165) is 36.1 Å². The second kappa shape index (κ2) is 11.9. The van der Waals surface area contributed by atoms with E-state index in [-0.39, 0.29) is 5.91 Å². The Morgan fingerprint density at radius 3 is 2.48 bits per heavy atom. The Morgan fingerprint density at radius 1 is 0.926 bits per heavy atom. The zero-order valence-electron chi connectivity index (χ0n) is 16.1. The fourth-order valence-corrected chi connectivity index (χ4v) is 2.76. The van der Waals surface area contributed by atoms with Crippen molar-refractivity contribution >= 4 is 11.7 Å². The van der Waals surface area contributed by atoms with E-state index in [1.54, 1.807) is 0 Å². The largest absolute Gasteiger partial charge is 0.489 e. The molecule has 1 amide bonds. The van der Waals surface area contributed by atoms with Crippen LogP contribution in [0.3, 0.4) is 0 Å². The Morgan fingerprint density at radius 2 is 1.70 bits per heavy atom. The van der Waals surface area contributed by atoms with E-state index in [9.17, 15) is 9.59 Å². The van der Waals surface area contributed by atoms with E-state index in [1.807, 2.05) is 61.5 Å². The third-order valence-corrected chi connectivity index (χ3v) is 4.36. The molecule has 0 fully saturated rings. The topological polar surface area (TPSA) is 55.4 Å². The van der Waals surface area contributed by atoms with Crippen LogP contribution in [0.2, 0.25) is 0 Å². The summed E-state index contributed by atoms with van der Waals surface area (Å²) >= 11 is 0. The summed E-state index contributed by atoms with van der Waals surface area (Å²) < 4.78 is 5.81. The average molecular weight is 367 g/mol. The molecule has 4 nitrogen and oxygen atoms in total. The van der Waals surface area contributed by atoms with Gasteiger partial charge in [-0.1, -0.05) is 55.8 Å². The minimum absolute atomic E-state index is 0.0137. The van der Waals surface area contributed by atoms with Crippen molar-refractivity contribution in [2.24, 2.45) is 0 Å². The molecule has 0 aliphatic carbocycles. The molecule has 2 aromatic carbocycles. The molecule has 144 valence electrons. The number of carbonyl (C=O) groups is 2. The molecule has 1 N–H and O–H groups in total. The first kappa shape index (κ1) is 20.7. The molecule has 2 rings (SSSR count). The zero-order valence-corrected chi connectivity index (χ0v) is 16.1. The van der Waals surface area contributed by atoms with Crippen LogP contribution in [0.5, 0.6) is 5.75 Å². The lowest BCUT2D eigenvalue weighted by atomic mass is 10.1. The molecule has 0 atom stereocenters. The second-order valence-corrected chi connectivity index (χ2v) is 6.65. The molecule has 2 aromatic rings. The highest BCUT2D eigenvalue weighted by atomic mass is 16.5. The third kappa shape index (κ3) is 8.54. The molecular formula is C23H29NO3. The molecule has 4 heteroatoms. The highest BCUT2D eigenvalue weighted by Crippen LogP contribution is 2.15. The molecule has 0 aliphatic heterocycles. The van der Waals surface area contributed by atoms with Gasteiger partial charge in [-0.15, -0.1) is 0 Å². The van der Waals surface area contributed by atoms with E-state index >= 15 is 0 Å². The van der Waals surface area contributed by atoms with Gasteiger partial charge in [0.05, 0.1) is 6.42 Å². The Hall–Kier alpha value is -2.62. The number of hydrogen-bond acceptors (Lipinski definition) is 3. The molecule has 0 aliphatic rings. The highest BCUT2D eigenvalue weighted by molar-refractivity contribution is 5.78. The third-order valence-electron chi connectivity index (χ3n) is 4.36. The number of ketones is 1. The van der Waals surface area contributed by atoms with Crippen molar-refractivity contribution in [3.8, 4) is 5.75 Å². The molecular weight excluding hydrogens is 338 g/mol. The summed E-state index contributed by atoms with van der Waals surface area (Å²) in [7, 11) is 0. The minimum Gasteiger partial charge on any atom is -0.489 e. The van der Waals surface area contributed by atoms with E-state index in [4.69, 9.17) is 4.74 Å². The van der Waals surface area contributed by atoms with Gasteiger partial charge in [0.2, 0.25) is 5.91 Å². The molecule has 0 heterocycles. The van der Waals surface area contributed by atoms with Crippen molar-refractivity contribution < 1.29 is 14.3 Å². The van der Waals surface area contributed by atoms with Gasteiger partial charge in [0.25, 0.3) is 0 Å². The smallest absolute Gasteiger partial charge is 0.224 e. The summed E-state index contributed by atoms with van der Waals surface area (Å²) in [6.45, 7) is 3.06. The predicted molar refractivity (Wildman–Crippen MR) is 108 cm³/mol. The summed E-state index contributed by atoms with van der Waals surface area (Å²) in [6, 6.07) is 17.7. The van der Waals surface area contributed by atoms with Crippen LogP contribution in [0.1, 0.15) is 50.2 Å². The van der Waals surface area contributed by atoms with Crippen molar-refractivity contribution in [1.82, 2.24) is 5.32 Å². The number of hydrogen-bond donors (Lipinski definition) is 1. The van der Waals surface area contributed by atoms with Gasteiger partial charge in [-0.3, -0.25) is 9.59 Å². The highest BCUT2D eigenvalue weighted by Gasteiger charge is 2.05. The van der Waals surface area contributed by atoms with Crippen LogP contribution in [0.4, 0.5) is 0 Å². The quantitative estimate of drug-likeness (QED) is 0.563. The monoisotopic (exact) mass is 367 g/mol. The normalized spacial score (nSPS) is 10.4. The summed E-state index contributed by atoms with van der Waals surface area (Å²) in [6.07, 6.45) is 4.39. The number of carbonyl (C=O) groups excluding carboxylic acids is 2. The average Bonchev–Trinajstić information content (AvgIpc) is 2.70. The number of amides is 1. The van der Waals surface area contributed by atoms with Crippen LogP contribution >= 0.6 is 0 Å². The minimum atomic E-state index is 0.0137. The molecule has 0 bridgehead atoms. The van der Waals surface area contributed by atoms with E-state index in [1.165, 1.54) is 0 Å². The fraction of sp³-hybridized carbons (Fsp3) is 0.391. The molecule has 0 saturated heterocycles. The fourth-order valence-electron chi connectivity index (χ4n) is 2.76. The van der Waals surface area contributed by atoms with Crippen LogP contribution in [-0.4, -0.2) is 18.2 Å². The van der Waals surface area contributed by atoms with Crippen molar-refractivity contribution in [3.05, 3.63) is 65.7 Å². The molecule has 27 heavy (non-hydrogen) atoms. The van der Waals surface area contributed by atoms with Crippen LogP contribution in [-0.2, 0) is 22.6 Å². The molecule has 0 saturated carbocycles. The van der Waals surface area contributed by atoms with Gasteiger partial charge in [-0.2, -0.15) is 0 Å². The number of ether oxygens (including phenoxy) is 1. The SMILES string of the molecule is CCC(=O)CCCCCNC(=O)Cc1cccc(OCc2ccccc2)c1. The first-order valence-corrected chi connectivity index (χ1v) is 9.71. The Labute approximate surface area is 161 Å². The summed E-state index contributed by atoms with van der Waals surface area (Å²) in [4.78, 5) is 23.3. The summed E-state index contributed by atoms with van der Waals surface area (Å²) in [5, 5.41) is 2.95. The second-order valence-electron chi connectivity index (χ2n) is 6.65. The van der Waals surface area contributed by atoms with Crippen LogP contribution in [0.15, 0.2) is 54.6 Å². The van der Waals surface area contributed by atoms with Gasteiger partial charge in [0.1, 0.15) is 18.1 Å². The first-order valence-electron chi connectivity index (χ1n) is 9.71. The predicted octanol–water partition coefficient (Wildman–Crippen LogP) is 4.46. The molecule has 0 unspecified atom stereocenters. The number of Topliss-reactive ketones (excluding diaryl/α,β-unsaturated/α-hetero) is 1. The molecule has 0 aromatic heterocycles. The number of benzene rings is 2. The van der Waals surface area contributed by atoms with Gasteiger partial charge in [-0.05, 0) is 36.1 Å². The van der Waals surface area contributed by atoms with Gasteiger partial charge in [0, 0.05) is 19.4 Å².